The van der Waals surface area contributed by atoms with E-state index < -0.39 is 0 Å². The molecule has 2 amide bonds. The van der Waals surface area contributed by atoms with Crippen molar-refractivity contribution < 1.29 is 9.59 Å². The number of halogens is 1. The molecule has 2 aromatic heterocycles. The maximum absolute atomic E-state index is 12.3. The van der Waals surface area contributed by atoms with Crippen LogP contribution >= 0.6 is 34.3 Å². The van der Waals surface area contributed by atoms with Gasteiger partial charge in [0.25, 0.3) is 5.91 Å². The van der Waals surface area contributed by atoms with Gasteiger partial charge in [0.1, 0.15) is 0 Å². The smallest absolute Gasteiger partial charge is 0.257 e. The van der Waals surface area contributed by atoms with Gasteiger partial charge in [0, 0.05) is 16.0 Å². The summed E-state index contributed by atoms with van der Waals surface area (Å²) in [5.41, 5.74) is 3.07. The van der Waals surface area contributed by atoms with Crippen LogP contribution in [0.1, 0.15) is 21.6 Å². The van der Waals surface area contributed by atoms with Crippen LogP contribution < -0.4 is 10.6 Å². The van der Waals surface area contributed by atoms with E-state index in [1.165, 1.54) is 22.7 Å². The maximum Gasteiger partial charge on any atom is 0.257 e. The quantitative estimate of drug-likeness (QED) is 0.447. The first kappa shape index (κ1) is 19.5. The Labute approximate surface area is 179 Å². The van der Waals surface area contributed by atoms with Crippen LogP contribution in [0.3, 0.4) is 0 Å². The van der Waals surface area contributed by atoms with Gasteiger partial charge in [-0.25, -0.2) is 9.97 Å². The highest BCUT2D eigenvalue weighted by Crippen LogP contribution is 2.27. The van der Waals surface area contributed by atoms with Gasteiger partial charge >= 0.3 is 0 Å². The Bertz CT molecular complexity index is 1200. The summed E-state index contributed by atoms with van der Waals surface area (Å²) in [7, 11) is 0. The number of nitrogens with one attached hydrogen (secondary N) is 2. The molecule has 4 aromatic rings. The molecule has 0 fully saturated rings. The lowest BCUT2D eigenvalue weighted by molar-refractivity contribution is -0.115. The molecule has 6 nitrogen and oxygen atoms in total. The summed E-state index contributed by atoms with van der Waals surface area (Å²) in [4.78, 5) is 33.3. The molecule has 0 aliphatic heterocycles. The van der Waals surface area contributed by atoms with E-state index in [1.807, 2.05) is 25.1 Å². The molecule has 0 aliphatic rings. The van der Waals surface area contributed by atoms with Crippen molar-refractivity contribution in [2.24, 2.45) is 0 Å². The Hall–Kier alpha value is -2.81. The first-order valence-corrected chi connectivity index (χ1v) is 10.7. The van der Waals surface area contributed by atoms with E-state index in [4.69, 9.17) is 11.6 Å². The lowest BCUT2D eigenvalue weighted by Crippen LogP contribution is -2.15. The Morgan fingerprint density at radius 1 is 1.03 bits per heavy atom. The predicted octanol–water partition coefficient (Wildman–Crippen LogP) is 5.15. The number of hydrogen-bond donors (Lipinski definition) is 2. The molecule has 0 radical (unpaired) electrons. The Kier molecular flexibility index (Phi) is 5.57. The summed E-state index contributed by atoms with van der Waals surface area (Å²) in [5, 5.41) is 8.84. The van der Waals surface area contributed by atoms with Gasteiger partial charge in [-0.15, -0.1) is 11.3 Å². The highest BCUT2D eigenvalue weighted by atomic mass is 35.5. The molecule has 4 rings (SSSR count). The third-order valence-electron chi connectivity index (χ3n) is 4.01. The molecular formula is C20H15ClN4O2S2. The van der Waals surface area contributed by atoms with Crippen LogP contribution in [0.5, 0.6) is 0 Å². The molecular weight excluding hydrogens is 428 g/mol. The zero-order valence-electron chi connectivity index (χ0n) is 15.2. The molecule has 2 N–H and O–H groups in total. The number of aromatic nitrogens is 2. The van der Waals surface area contributed by atoms with Crippen LogP contribution in [0, 0.1) is 6.92 Å². The summed E-state index contributed by atoms with van der Waals surface area (Å²) in [5.74, 6) is -0.488. The van der Waals surface area contributed by atoms with Crippen molar-refractivity contribution in [3.8, 4) is 0 Å². The van der Waals surface area contributed by atoms with E-state index in [-0.39, 0.29) is 18.2 Å². The number of benzene rings is 2. The highest BCUT2D eigenvalue weighted by Gasteiger charge is 2.13. The minimum absolute atomic E-state index is 0.0995. The van der Waals surface area contributed by atoms with E-state index >= 15 is 0 Å². The molecule has 0 saturated heterocycles. The zero-order chi connectivity index (χ0) is 20.4. The number of carbonyl (C=O) groups excluding carboxylic acids is 2. The van der Waals surface area contributed by atoms with E-state index in [9.17, 15) is 9.59 Å². The fourth-order valence-electron chi connectivity index (χ4n) is 2.63. The molecule has 2 aromatic carbocycles. The van der Waals surface area contributed by atoms with Crippen LogP contribution in [-0.2, 0) is 11.2 Å². The Balaban J connectivity index is 1.37. The Morgan fingerprint density at radius 2 is 1.83 bits per heavy atom. The van der Waals surface area contributed by atoms with Gasteiger partial charge in [0.2, 0.25) is 5.91 Å². The average molecular weight is 443 g/mol. The number of amides is 2. The summed E-state index contributed by atoms with van der Waals surface area (Å²) in [6.45, 7) is 2.02. The number of carbonyl (C=O) groups is 2. The molecule has 146 valence electrons. The average Bonchev–Trinajstić information content (AvgIpc) is 3.27. The normalized spacial score (nSPS) is 10.8. The molecule has 0 saturated carbocycles. The molecule has 0 spiro atoms. The third-order valence-corrected chi connectivity index (χ3v) is 6.00. The summed E-state index contributed by atoms with van der Waals surface area (Å²) in [6.07, 6.45) is 0.0995. The predicted molar refractivity (Wildman–Crippen MR) is 118 cm³/mol. The van der Waals surface area contributed by atoms with Gasteiger partial charge in [0.15, 0.2) is 10.3 Å². The minimum atomic E-state index is -0.281. The molecule has 2 heterocycles. The standard InChI is InChI=1S/C20H15ClN4O2S2/c1-11-2-7-15-16(8-11)29-20(23-15)24-17(26)9-14-10-28-19(22-14)25-18(27)12-3-5-13(21)6-4-12/h2-8,10H,9H2,1H3,(H,22,25,27)(H,23,24,26). The van der Waals surface area contributed by atoms with Crippen molar-refractivity contribution in [1.29, 1.82) is 0 Å². The first-order valence-electron chi connectivity index (χ1n) is 8.64. The van der Waals surface area contributed by atoms with E-state index in [0.29, 0.717) is 26.5 Å². The largest absolute Gasteiger partial charge is 0.302 e. The first-order chi connectivity index (χ1) is 14.0. The maximum atomic E-state index is 12.3. The lowest BCUT2D eigenvalue weighted by Gasteiger charge is -2.01. The number of anilines is 2. The van der Waals surface area contributed by atoms with Crippen molar-refractivity contribution in [2.45, 2.75) is 13.3 Å². The number of rotatable bonds is 5. The van der Waals surface area contributed by atoms with Crippen LogP contribution in [-0.4, -0.2) is 21.8 Å². The second-order valence-electron chi connectivity index (χ2n) is 6.32. The SMILES string of the molecule is Cc1ccc2nc(NC(=O)Cc3csc(NC(=O)c4ccc(Cl)cc4)n3)sc2c1. The van der Waals surface area contributed by atoms with Crippen molar-refractivity contribution in [1.82, 2.24) is 9.97 Å². The van der Waals surface area contributed by atoms with Crippen molar-refractivity contribution in [2.75, 3.05) is 10.6 Å². The summed E-state index contributed by atoms with van der Waals surface area (Å²) < 4.78 is 1.03. The van der Waals surface area contributed by atoms with Gasteiger partial charge < -0.3 is 5.32 Å². The van der Waals surface area contributed by atoms with Gasteiger partial charge in [-0.1, -0.05) is 29.0 Å². The van der Waals surface area contributed by atoms with E-state index in [0.717, 1.165) is 15.8 Å². The monoisotopic (exact) mass is 442 g/mol. The molecule has 0 aliphatic carbocycles. The third kappa shape index (κ3) is 4.79. The number of hydrogen-bond acceptors (Lipinski definition) is 6. The van der Waals surface area contributed by atoms with Crippen LogP contribution in [0.4, 0.5) is 10.3 Å². The van der Waals surface area contributed by atoms with Crippen molar-refractivity contribution in [3.63, 3.8) is 0 Å². The Morgan fingerprint density at radius 3 is 2.62 bits per heavy atom. The number of fused-ring (bicyclic) bond motifs is 1. The van der Waals surface area contributed by atoms with Crippen LogP contribution in [0.15, 0.2) is 47.8 Å². The summed E-state index contributed by atoms with van der Waals surface area (Å²) in [6, 6.07) is 12.5. The van der Waals surface area contributed by atoms with Crippen molar-refractivity contribution >= 4 is 66.6 Å². The van der Waals surface area contributed by atoms with Crippen LogP contribution in [0.2, 0.25) is 5.02 Å². The van der Waals surface area contributed by atoms with Gasteiger partial charge in [0.05, 0.1) is 22.3 Å². The number of nitrogens with zero attached hydrogens (tertiary/aromatic N) is 2. The topological polar surface area (TPSA) is 84.0 Å². The molecule has 29 heavy (non-hydrogen) atoms. The second-order valence-corrected chi connectivity index (χ2v) is 8.65. The summed E-state index contributed by atoms with van der Waals surface area (Å²) >= 11 is 8.54. The molecule has 9 heteroatoms. The zero-order valence-corrected chi connectivity index (χ0v) is 17.6. The minimum Gasteiger partial charge on any atom is -0.302 e. The lowest BCUT2D eigenvalue weighted by atomic mass is 10.2. The van der Waals surface area contributed by atoms with E-state index in [2.05, 4.69) is 20.6 Å². The van der Waals surface area contributed by atoms with Gasteiger partial charge in [-0.3, -0.25) is 14.9 Å². The number of thiazole rings is 2. The molecule has 0 bridgehead atoms. The fraction of sp³-hybridized carbons (Fsp3) is 0.100. The second kappa shape index (κ2) is 8.28. The number of aryl methyl sites for hydroxylation is 1. The van der Waals surface area contributed by atoms with Gasteiger partial charge in [-0.05, 0) is 48.9 Å². The molecule has 0 atom stereocenters. The van der Waals surface area contributed by atoms with Gasteiger partial charge in [-0.2, -0.15) is 0 Å². The fourth-order valence-corrected chi connectivity index (χ4v) is 4.44. The molecule has 0 unspecified atom stereocenters. The van der Waals surface area contributed by atoms with Crippen LogP contribution in [0.25, 0.3) is 10.2 Å². The highest BCUT2D eigenvalue weighted by molar-refractivity contribution is 7.22. The van der Waals surface area contributed by atoms with E-state index in [1.54, 1.807) is 29.6 Å². The van der Waals surface area contributed by atoms with Crippen molar-refractivity contribution in [3.05, 3.63) is 69.7 Å².